The number of imide groups is 1. The van der Waals surface area contributed by atoms with Crippen molar-refractivity contribution < 1.29 is 27.6 Å². The lowest BCUT2D eigenvalue weighted by Gasteiger charge is -2.28. The number of rotatable bonds is 6. The Labute approximate surface area is 198 Å². The Bertz CT molecular complexity index is 1190. The number of carbonyl (C=O) groups is 3. The van der Waals surface area contributed by atoms with Crippen LogP contribution in [0.25, 0.3) is 11.1 Å². The number of hydrogen-bond donors (Lipinski definition) is 4. The molecule has 3 N–H and O–H groups in total. The number of benzene rings is 2. The van der Waals surface area contributed by atoms with Crippen LogP contribution in [0.1, 0.15) is 29.8 Å². The Kier molecular flexibility index (Phi) is 7.15. The third-order valence-corrected chi connectivity index (χ3v) is 5.37. The number of urea groups is 1. The highest BCUT2D eigenvalue weighted by atomic mass is 32.1. The summed E-state index contributed by atoms with van der Waals surface area (Å²) in [5.41, 5.74) is -1.36. The van der Waals surface area contributed by atoms with Gasteiger partial charge in [0, 0.05) is 16.7 Å². The number of hydrogen-bond acceptors (Lipinski definition) is 5. The highest BCUT2D eigenvalue weighted by Gasteiger charge is 2.50. The van der Waals surface area contributed by atoms with E-state index in [4.69, 9.17) is 0 Å². The molecule has 1 saturated heterocycles. The zero-order chi connectivity index (χ0) is 25.1. The molecule has 178 valence electrons. The van der Waals surface area contributed by atoms with Gasteiger partial charge in [0.25, 0.3) is 11.8 Å². The van der Waals surface area contributed by atoms with Gasteiger partial charge in [-0.2, -0.15) is 13.2 Å². The lowest BCUT2D eigenvalue weighted by atomic mass is 9.93. The van der Waals surface area contributed by atoms with E-state index >= 15 is 0 Å². The van der Waals surface area contributed by atoms with Crippen molar-refractivity contribution in [2.75, 3.05) is 6.54 Å². The molecule has 1 heterocycles. The number of nitrogens with one attached hydrogen (secondary N) is 3. The molecule has 2 aromatic carbocycles. The van der Waals surface area contributed by atoms with Crippen LogP contribution in [0.5, 0.6) is 0 Å². The van der Waals surface area contributed by atoms with Gasteiger partial charge in [0.1, 0.15) is 0 Å². The monoisotopic (exact) mass is 490 g/mol. The smallest absolute Gasteiger partial charge is 0.349 e. The minimum Gasteiger partial charge on any atom is -0.349 e. The summed E-state index contributed by atoms with van der Waals surface area (Å²) in [6.45, 7) is 2.87. The number of thiol groups is 1. The number of nitrogens with zero attached hydrogens (tertiary/aromatic N) is 1. The highest BCUT2D eigenvalue weighted by Crippen LogP contribution is 2.32. The zero-order valence-electron chi connectivity index (χ0n) is 18.2. The molecule has 34 heavy (non-hydrogen) atoms. The molecule has 1 unspecified atom stereocenters. The molecule has 1 aliphatic rings. The summed E-state index contributed by atoms with van der Waals surface area (Å²) in [6.07, 6.45) is -3.05. The average Bonchev–Trinajstić information content (AvgIpc) is 3.08. The largest absolute Gasteiger partial charge is 0.416 e. The molecule has 0 aromatic heterocycles. The van der Waals surface area contributed by atoms with Crippen LogP contribution in [-0.2, 0) is 11.0 Å². The van der Waals surface area contributed by atoms with E-state index in [1.807, 2.05) is 0 Å². The van der Waals surface area contributed by atoms with Crippen molar-refractivity contribution in [1.82, 2.24) is 16.0 Å². The Morgan fingerprint density at radius 2 is 1.79 bits per heavy atom. The van der Waals surface area contributed by atoms with E-state index in [1.54, 1.807) is 32.0 Å². The molecule has 0 spiro atoms. The number of amides is 4. The molecule has 1 aliphatic heterocycles. The quantitative estimate of drug-likeness (QED) is 0.281. The van der Waals surface area contributed by atoms with E-state index in [0.717, 1.165) is 12.1 Å². The van der Waals surface area contributed by atoms with Crippen molar-refractivity contribution >= 4 is 36.7 Å². The van der Waals surface area contributed by atoms with Crippen molar-refractivity contribution in [3.63, 3.8) is 0 Å². The van der Waals surface area contributed by atoms with Gasteiger partial charge in [0.2, 0.25) is 0 Å². The van der Waals surface area contributed by atoms with Crippen LogP contribution >= 0.6 is 12.6 Å². The predicted molar refractivity (Wildman–Crippen MR) is 124 cm³/mol. The molecule has 0 radical (unpaired) electrons. The van der Waals surface area contributed by atoms with Crippen LogP contribution < -0.4 is 16.0 Å². The summed E-state index contributed by atoms with van der Waals surface area (Å²) < 4.78 is 38.7. The van der Waals surface area contributed by atoms with Crippen LogP contribution in [0.4, 0.5) is 18.0 Å². The Morgan fingerprint density at radius 1 is 1.15 bits per heavy atom. The molecule has 3 rings (SSSR count). The summed E-state index contributed by atoms with van der Waals surface area (Å²) in [4.78, 5) is 42.2. The summed E-state index contributed by atoms with van der Waals surface area (Å²) in [5, 5.41) is 7.30. The zero-order valence-corrected chi connectivity index (χ0v) is 19.1. The standard InChI is InChI=1S/C23H21F3N4O3S/c1-3-27-18(13(2)34)22(20(32)29-21(33)30-22)12-28-19(31)17-7-5-4-6-16(17)14-8-10-15(11-9-14)23(24,25)26/h3-11,34H,12H2,1-2H3,(H,28,31)(H2,29,30,32,33)/b18-13-,27-3?. The lowest BCUT2D eigenvalue weighted by molar-refractivity contribution is -0.137. The molecule has 1 fully saturated rings. The minimum absolute atomic E-state index is 0.151. The van der Waals surface area contributed by atoms with Gasteiger partial charge in [-0.1, -0.05) is 30.3 Å². The first kappa shape index (κ1) is 25.0. The maximum absolute atomic E-state index is 13.1. The summed E-state index contributed by atoms with van der Waals surface area (Å²) in [6, 6.07) is 10.0. The summed E-state index contributed by atoms with van der Waals surface area (Å²) in [5.74, 6) is -1.30. The number of alkyl halides is 3. The second kappa shape index (κ2) is 9.72. The lowest BCUT2D eigenvalue weighted by Crippen LogP contribution is -2.56. The molecule has 0 bridgehead atoms. The van der Waals surface area contributed by atoms with Crippen molar-refractivity contribution in [1.29, 1.82) is 0 Å². The Hall–Kier alpha value is -3.60. The fourth-order valence-electron chi connectivity index (χ4n) is 3.59. The van der Waals surface area contributed by atoms with E-state index in [2.05, 4.69) is 33.6 Å². The van der Waals surface area contributed by atoms with Gasteiger partial charge in [0.05, 0.1) is 17.8 Å². The Morgan fingerprint density at radius 3 is 2.32 bits per heavy atom. The molecule has 11 heteroatoms. The number of allylic oxidation sites excluding steroid dienone is 1. The van der Waals surface area contributed by atoms with Gasteiger partial charge in [-0.3, -0.25) is 19.9 Å². The van der Waals surface area contributed by atoms with Crippen molar-refractivity contribution in [2.45, 2.75) is 25.6 Å². The van der Waals surface area contributed by atoms with Crippen LogP contribution in [-0.4, -0.2) is 36.1 Å². The van der Waals surface area contributed by atoms with Gasteiger partial charge in [-0.25, -0.2) is 4.79 Å². The average molecular weight is 491 g/mol. The maximum Gasteiger partial charge on any atom is 0.416 e. The first-order valence-electron chi connectivity index (χ1n) is 10.1. The predicted octanol–water partition coefficient (Wildman–Crippen LogP) is 3.93. The molecule has 2 aromatic rings. The fraction of sp³-hybridized carbons (Fsp3) is 0.217. The molecule has 1 atom stereocenters. The molecular formula is C23H21F3N4O3S. The van der Waals surface area contributed by atoms with E-state index < -0.39 is 35.1 Å². The molecule has 4 amide bonds. The van der Waals surface area contributed by atoms with Gasteiger partial charge in [-0.05, 0) is 43.2 Å². The number of halogens is 3. The van der Waals surface area contributed by atoms with Crippen LogP contribution in [0, 0.1) is 0 Å². The maximum atomic E-state index is 13.1. The molecular weight excluding hydrogens is 469 g/mol. The van der Waals surface area contributed by atoms with Crippen molar-refractivity contribution in [3.8, 4) is 11.1 Å². The number of aliphatic imine (C=N–C) groups is 1. The van der Waals surface area contributed by atoms with Gasteiger partial charge < -0.3 is 10.6 Å². The molecule has 7 nitrogen and oxygen atoms in total. The SMILES string of the molecule is CC=N/C(=C(/C)S)C1(CNC(=O)c2ccccc2-c2ccc(C(F)(F)F)cc2)NC(=O)NC1=O. The first-order chi connectivity index (χ1) is 16.0. The second-order valence-corrected chi connectivity index (χ2v) is 8.11. The van der Waals surface area contributed by atoms with Crippen molar-refractivity contribution in [2.24, 2.45) is 4.99 Å². The van der Waals surface area contributed by atoms with E-state index in [-0.39, 0.29) is 17.8 Å². The topological polar surface area (TPSA) is 99.7 Å². The Balaban J connectivity index is 1.92. The van der Waals surface area contributed by atoms with Gasteiger partial charge in [-0.15, -0.1) is 12.6 Å². The van der Waals surface area contributed by atoms with E-state index in [1.165, 1.54) is 24.4 Å². The van der Waals surface area contributed by atoms with E-state index in [9.17, 15) is 27.6 Å². The summed E-state index contributed by atoms with van der Waals surface area (Å²) in [7, 11) is 0. The normalized spacial score (nSPS) is 19.0. The van der Waals surface area contributed by atoms with Crippen LogP contribution in [0.2, 0.25) is 0 Å². The van der Waals surface area contributed by atoms with Crippen LogP contribution in [0.3, 0.4) is 0 Å². The third kappa shape index (κ3) is 4.98. The van der Waals surface area contributed by atoms with Crippen LogP contribution in [0.15, 0.2) is 64.1 Å². The minimum atomic E-state index is -4.48. The van der Waals surface area contributed by atoms with Crippen molar-refractivity contribution in [3.05, 3.63) is 70.3 Å². The fourth-order valence-corrected chi connectivity index (χ4v) is 3.84. The van der Waals surface area contributed by atoms with E-state index in [0.29, 0.717) is 16.0 Å². The van der Waals surface area contributed by atoms with Gasteiger partial charge in [0.15, 0.2) is 5.54 Å². The third-order valence-electron chi connectivity index (χ3n) is 5.16. The molecule has 0 saturated carbocycles. The summed E-state index contributed by atoms with van der Waals surface area (Å²) >= 11 is 4.28. The van der Waals surface area contributed by atoms with Gasteiger partial charge >= 0.3 is 12.2 Å². The second-order valence-electron chi connectivity index (χ2n) is 7.44. The highest BCUT2D eigenvalue weighted by molar-refractivity contribution is 7.84. The first-order valence-corrected chi connectivity index (χ1v) is 10.5. The number of carbonyl (C=O) groups excluding carboxylic acids is 3. The molecule has 0 aliphatic carbocycles.